The fourth-order valence-electron chi connectivity index (χ4n) is 4.20. The number of aromatic nitrogens is 3. The van der Waals surface area contributed by atoms with Gasteiger partial charge in [0.05, 0.1) is 10.9 Å². The molecule has 0 bridgehead atoms. The lowest BCUT2D eigenvalue weighted by Gasteiger charge is -2.26. The first kappa shape index (κ1) is 19.4. The van der Waals surface area contributed by atoms with Crippen molar-refractivity contribution in [1.82, 2.24) is 14.1 Å². The van der Waals surface area contributed by atoms with Gasteiger partial charge in [0.15, 0.2) is 5.43 Å². The van der Waals surface area contributed by atoms with E-state index in [0.29, 0.717) is 12.8 Å². The van der Waals surface area contributed by atoms with E-state index in [1.165, 1.54) is 32.1 Å². The van der Waals surface area contributed by atoms with Crippen molar-refractivity contribution in [1.29, 1.82) is 0 Å². The Balaban J connectivity index is 1.70. The largest absolute Gasteiger partial charge is 0.361 e. The lowest BCUT2D eigenvalue weighted by molar-refractivity contribution is 0.0899. The average Bonchev–Trinajstić information content (AvgIpc) is 3.09. The van der Waals surface area contributed by atoms with Crippen molar-refractivity contribution < 1.29 is 4.74 Å². The predicted molar refractivity (Wildman–Crippen MR) is 118 cm³/mol. The van der Waals surface area contributed by atoms with E-state index in [-0.39, 0.29) is 5.43 Å². The van der Waals surface area contributed by atoms with Crippen LogP contribution in [-0.2, 0) is 11.5 Å². The van der Waals surface area contributed by atoms with Gasteiger partial charge in [-0.05, 0) is 25.0 Å². The average molecular weight is 398 g/mol. The van der Waals surface area contributed by atoms with Gasteiger partial charge in [0.2, 0.25) is 0 Å². The summed E-state index contributed by atoms with van der Waals surface area (Å²) >= 11 is 0. The van der Waals surface area contributed by atoms with E-state index < -0.39 is 8.07 Å². The molecule has 0 radical (unpaired) electrons. The number of nitrogens with zero attached hydrogens (tertiary/aromatic N) is 3. The molecule has 5 nitrogen and oxygen atoms in total. The Hall–Kier alpha value is -1.92. The van der Waals surface area contributed by atoms with Crippen LogP contribution in [0, 0.1) is 0 Å². The lowest BCUT2D eigenvalue weighted by Crippen LogP contribution is -2.22. The van der Waals surface area contributed by atoms with Crippen LogP contribution in [0.3, 0.4) is 0 Å². The van der Waals surface area contributed by atoms with Crippen LogP contribution in [0.5, 0.6) is 0 Å². The second kappa shape index (κ2) is 7.83. The summed E-state index contributed by atoms with van der Waals surface area (Å²) in [6.45, 7) is 8.38. The third-order valence-corrected chi connectivity index (χ3v) is 7.57. The predicted octanol–water partition coefficient (Wildman–Crippen LogP) is 5.17. The van der Waals surface area contributed by atoms with Crippen molar-refractivity contribution in [3.05, 3.63) is 40.9 Å². The Labute approximate surface area is 167 Å². The SMILES string of the molecule is C[Si](C)(C)CCOCn1ccc2c1ncc1c(=O)ccn(C3CCCCC3)c12. The van der Waals surface area contributed by atoms with Crippen LogP contribution in [0.15, 0.2) is 35.5 Å². The Kier molecular flexibility index (Phi) is 5.43. The van der Waals surface area contributed by atoms with E-state index in [1.807, 2.05) is 12.4 Å². The van der Waals surface area contributed by atoms with E-state index in [9.17, 15) is 4.79 Å². The number of ether oxygens (including phenoxy) is 1. The summed E-state index contributed by atoms with van der Waals surface area (Å²) in [7, 11) is -1.09. The highest BCUT2D eigenvalue weighted by Gasteiger charge is 2.19. The van der Waals surface area contributed by atoms with Crippen molar-refractivity contribution in [3.63, 3.8) is 0 Å². The van der Waals surface area contributed by atoms with Crippen LogP contribution in [0.2, 0.25) is 25.7 Å². The minimum absolute atomic E-state index is 0.0515. The zero-order valence-corrected chi connectivity index (χ0v) is 18.3. The molecule has 0 amide bonds. The maximum absolute atomic E-state index is 12.5. The summed E-state index contributed by atoms with van der Waals surface area (Å²) in [5.74, 6) is 0. The number of pyridine rings is 2. The third-order valence-electron chi connectivity index (χ3n) is 5.87. The van der Waals surface area contributed by atoms with Gasteiger partial charge in [-0.15, -0.1) is 0 Å². The Morgan fingerprint density at radius 2 is 1.89 bits per heavy atom. The van der Waals surface area contributed by atoms with E-state index in [1.54, 1.807) is 12.3 Å². The van der Waals surface area contributed by atoms with Gasteiger partial charge in [0.25, 0.3) is 0 Å². The van der Waals surface area contributed by atoms with Gasteiger partial charge in [-0.1, -0.05) is 38.9 Å². The van der Waals surface area contributed by atoms with Gasteiger partial charge in [-0.3, -0.25) is 4.79 Å². The maximum Gasteiger partial charge on any atom is 0.190 e. The normalized spacial score (nSPS) is 16.2. The topological polar surface area (TPSA) is 49.1 Å². The first-order valence-corrected chi connectivity index (χ1v) is 14.2. The molecule has 1 fully saturated rings. The highest BCUT2D eigenvalue weighted by molar-refractivity contribution is 6.76. The molecule has 6 heteroatoms. The van der Waals surface area contributed by atoms with Gasteiger partial charge in [0.1, 0.15) is 12.4 Å². The van der Waals surface area contributed by atoms with Crippen LogP contribution in [0.25, 0.3) is 21.9 Å². The minimum atomic E-state index is -1.09. The summed E-state index contributed by atoms with van der Waals surface area (Å²) in [5.41, 5.74) is 1.98. The zero-order chi connectivity index (χ0) is 19.7. The molecule has 3 aromatic rings. The molecule has 0 atom stereocenters. The second-order valence-corrected chi connectivity index (χ2v) is 14.9. The Morgan fingerprint density at radius 1 is 1.11 bits per heavy atom. The Bertz CT molecular complexity index is 1030. The van der Waals surface area contributed by atoms with E-state index >= 15 is 0 Å². The molecule has 0 aromatic carbocycles. The number of fused-ring (bicyclic) bond motifs is 3. The molecule has 28 heavy (non-hydrogen) atoms. The van der Waals surface area contributed by atoms with Crippen molar-refractivity contribution in [2.75, 3.05) is 6.61 Å². The Morgan fingerprint density at radius 3 is 2.64 bits per heavy atom. The highest BCUT2D eigenvalue weighted by Crippen LogP contribution is 2.32. The molecule has 150 valence electrons. The van der Waals surface area contributed by atoms with Crippen LogP contribution in [0.4, 0.5) is 0 Å². The summed E-state index contributed by atoms with van der Waals surface area (Å²) in [6.07, 6.45) is 12.0. The number of rotatable bonds is 6. The molecule has 0 saturated heterocycles. The van der Waals surface area contributed by atoms with Crippen molar-refractivity contribution in [2.24, 2.45) is 0 Å². The van der Waals surface area contributed by atoms with Crippen molar-refractivity contribution in [2.45, 2.75) is 70.6 Å². The fraction of sp³-hybridized carbons (Fsp3) is 0.545. The summed E-state index contributed by atoms with van der Waals surface area (Å²) in [4.78, 5) is 17.1. The molecule has 1 saturated carbocycles. The zero-order valence-electron chi connectivity index (χ0n) is 17.3. The molecule has 0 N–H and O–H groups in total. The molecule has 0 aliphatic heterocycles. The van der Waals surface area contributed by atoms with Gasteiger partial charge in [0, 0.05) is 50.8 Å². The van der Waals surface area contributed by atoms with Crippen molar-refractivity contribution >= 4 is 30.0 Å². The summed E-state index contributed by atoms with van der Waals surface area (Å²) in [5, 5.41) is 1.77. The first-order valence-electron chi connectivity index (χ1n) is 10.5. The molecule has 0 unspecified atom stereocenters. The molecule has 3 aromatic heterocycles. The van der Waals surface area contributed by atoms with Gasteiger partial charge in [-0.2, -0.15) is 0 Å². The number of hydrogen-bond acceptors (Lipinski definition) is 3. The highest BCUT2D eigenvalue weighted by atomic mass is 28.3. The van der Waals surface area contributed by atoms with Crippen LogP contribution in [0.1, 0.15) is 38.1 Å². The monoisotopic (exact) mass is 397 g/mol. The van der Waals surface area contributed by atoms with Gasteiger partial charge in [-0.25, -0.2) is 4.98 Å². The molecule has 0 spiro atoms. The molecule has 1 aliphatic rings. The second-order valence-electron chi connectivity index (χ2n) is 9.27. The molecule has 4 rings (SSSR count). The van der Waals surface area contributed by atoms with E-state index in [0.717, 1.165) is 34.6 Å². The lowest BCUT2D eigenvalue weighted by atomic mass is 9.94. The quantitative estimate of drug-likeness (QED) is 0.426. The van der Waals surface area contributed by atoms with Gasteiger partial charge >= 0.3 is 0 Å². The maximum atomic E-state index is 12.5. The minimum Gasteiger partial charge on any atom is -0.361 e. The molecule has 1 aliphatic carbocycles. The van der Waals surface area contributed by atoms with E-state index in [2.05, 4.69) is 39.8 Å². The van der Waals surface area contributed by atoms with Crippen LogP contribution >= 0.6 is 0 Å². The van der Waals surface area contributed by atoms with Crippen LogP contribution in [-0.4, -0.2) is 28.8 Å². The molecule has 3 heterocycles. The van der Waals surface area contributed by atoms with Crippen molar-refractivity contribution in [3.8, 4) is 0 Å². The van der Waals surface area contributed by atoms with E-state index in [4.69, 9.17) is 4.74 Å². The first-order chi connectivity index (χ1) is 13.4. The summed E-state index contributed by atoms with van der Waals surface area (Å²) in [6, 6.07) is 5.41. The van der Waals surface area contributed by atoms with Gasteiger partial charge < -0.3 is 13.9 Å². The van der Waals surface area contributed by atoms with Crippen LogP contribution < -0.4 is 5.43 Å². The standard InChI is InChI=1S/C22H31N3O2Si/c1-28(2,3)14-13-27-16-24-11-9-18-21-19(15-23-22(18)24)20(26)10-12-25(21)17-7-5-4-6-8-17/h9-12,15,17H,4-8,13-14,16H2,1-3H3. The third kappa shape index (κ3) is 3.94. The fourth-order valence-corrected chi connectivity index (χ4v) is 4.96. The summed E-state index contributed by atoms with van der Waals surface area (Å²) < 4.78 is 10.3. The molecular formula is C22H31N3O2Si. The molecular weight excluding hydrogens is 366 g/mol. The number of hydrogen-bond donors (Lipinski definition) is 0. The smallest absolute Gasteiger partial charge is 0.190 e.